The molecule has 0 unspecified atom stereocenters. The molecule has 0 aliphatic heterocycles. The van der Waals surface area contributed by atoms with Crippen molar-refractivity contribution in [1.82, 2.24) is 4.98 Å². The molecule has 0 atom stereocenters. The molecule has 2 rings (SSSR count). The van der Waals surface area contributed by atoms with Crippen LogP contribution in [0.1, 0.15) is 11.1 Å². The van der Waals surface area contributed by atoms with Gasteiger partial charge in [0.2, 0.25) is 5.88 Å². The van der Waals surface area contributed by atoms with Gasteiger partial charge < -0.3 is 10.1 Å². The van der Waals surface area contributed by atoms with E-state index in [4.69, 9.17) is 4.74 Å². The van der Waals surface area contributed by atoms with Crippen LogP contribution in [0.25, 0.3) is 0 Å². The Kier molecular flexibility index (Phi) is 4.20. The molecule has 0 bridgehead atoms. The monoisotopic (exact) mass is 306 g/mol. The molecule has 1 heterocycles. The number of halogens is 1. The lowest BCUT2D eigenvalue weighted by molar-refractivity contribution is 0.397. The molecule has 0 aliphatic rings. The highest BCUT2D eigenvalue weighted by Gasteiger charge is 2.00. The maximum absolute atomic E-state index is 5.03. The van der Waals surface area contributed by atoms with E-state index in [9.17, 15) is 0 Å². The molecule has 18 heavy (non-hydrogen) atoms. The number of nitrogens with zero attached hydrogens (tertiary/aromatic N) is 1. The first-order valence-corrected chi connectivity index (χ1v) is 6.47. The fraction of sp³-hybridized carbons (Fsp3) is 0.214. The number of aryl methyl sites for hydroxylation is 1. The van der Waals surface area contributed by atoms with Crippen LogP contribution < -0.4 is 10.1 Å². The van der Waals surface area contributed by atoms with Gasteiger partial charge in [-0.2, -0.15) is 0 Å². The van der Waals surface area contributed by atoms with E-state index in [1.165, 1.54) is 5.56 Å². The predicted octanol–water partition coefficient (Wildman–Crippen LogP) is 3.77. The van der Waals surface area contributed by atoms with Gasteiger partial charge in [0.1, 0.15) is 0 Å². The minimum Gasteiger partial charge on any atom is -0.481 e. The van der Waals surface area contributed by atoms with Crippen molar-refractivity contribution in [3.63, 3.8) is 0 Å². The molecule has 94 valence electrons. The summed E-state index contributed by atoms with van der Waals surface area (Å²) in [6.07, 6.45) is 1.81. The van der Waals surface area contributed by atoms with Crippen LogP contribution in [0.2, 0.25) is 0 Å². The van der Waals surface area contributed by atoms with Gasteiger partial charge in [-0.25, -0.2) is 4.98 Å². The summed E-state index contributed by atoms with van der Waals surface area (Å²) in [5, 5.41) is 3.37. The number of aromatic nitrogens is 1. The highest BCUT2D eigenvalue weighted by atomic mass is 79.9. The van der Waals surface area contributed by atoms with Crippen LogP contribution in [0.3, 0.4) is 0 Å². The summed E-state index contributed by atoms with van der Waals surface area (Å²) < 4.78 is 6.10. The number of methoxy groups -OCH3 is 1. The average molecular weight is 307 g/mol. The normalized spacial score (nSPS) is 10.2. The van der Waals surface area contributed by atoms with Gasteiger partial charge in [0, 0.05) is 29.0 Å². The highest BCUT2D eigenvalue weighted by molar-refractivity contribution is 9.10. The first-order valence-electron chi connectivity index (χ1n) is 5.68. The van der Waals surface area contributed by atoms with Gasteiger partial charge in [0.25, 0.3) is 0 Å². The van der Waals surface area contributed by atoms with Gasteiger partial charge in [-0.1, -0.05) is 12.1 Å². The molecule has 0 saturated carbocycles. The summed E-state index contributed by atoms with van der Waals surface area (Å²) in [6, 6.07) is 10.1. The molecule has 1 N–H and O–H groups in total. The van der Waals surface area contributed by atoms with Gasteiger partial charge in [-0.15, -0.1) is 0 Å². The van der Waals surface area contributed by atoms with Crippen molar-refractivity contribution >= 4 is 21.6 Å². The lowest BCUT2D eigenvalue weighted by Crippen LogP contribution is -2.01. The van der Waals surface area contributed by atoms with Crippen LogP contribution in [0.15, 0.2) is 41.0 Å². The minimum atomic E-state index is 0.635. The van der Waals surface area contributed by atoms with Crippen molar-refractivity contribution in [2.45, 2.75) is 13.5 Å². The van der Waals surface area contributed by atoms with Gasteiger partial charge in [-0.3, -0.25) is 0 Å². The highest BCUT2D eigenvalue weighted by Crippen LogP contribution is 2.23. The zero-order valence-corrected chi connectivity index (χ0v) is 12.0. The summed E-state index contributed by atoms with van der Waals surface area (Å²) >= 11 is 3.55. The van der Waals surface area contributed by atoms with E-state index in [1.54, 1.807) is 7.11 Å². The first-order chi connectivity index (χ1) is 8.69. The number of nitrogens with one attached hydrogen (secondary N) is 1. The van der Waals surface area contributed by atoms with Gasteiger partial charge in [-0.05, 0) is 46.1 Å². The molecule has 0 radical (unpaired) electrons. The maximum atomic E-state index is 5.03. The van der Waals surface area contributed by atoms with Crippen molar-refractivity contribution in [2.24, 2.45) is 0 Å². The third-order valence-electron chi connectivity index (χ3n) is 2.61. The number of anilines is 1. The van der Waals surface area contributed by atoms with Crippen LogP contribution in [0.5, 0.6) is 5.88 Å². The Morgan fingerprint density at radius 2 is 2.11 bits per heavy atom. The molecular formula is C14H15BrN2O. The summed E-state index contributed by atoms with van der Waals surface area (Å²) in [6.45, 7) is 2.81. The summed E-state index contributed by atoms with van der Waals surface area (Å²) in [5.41, 5.74) is 3.43. The Hall–Kier alpha value is -1.55. The molecule has 4 heteroatoms. The van der Waals surface area contributed by atoms with E-state index < -0.39 is 0 Å². The van der Waals surface area contributed by atoms with Crippen LogP contribution in [-0.4, -0.2) is 12.1 Å². The molecule has 1 aromatic carbocycles. The molecule has 0 amide bonds. The van der Waals surface area contributed by atoms with Crippen LogP contribution >= 0.6 is 15.9 Å². The standard InChI is InChI=1S/C14H15BrN2O/c1-10-3-5-13(12(15)7-10)16-8-11-4-6-14(18-2)17-9-11/h3-7,9,16H,8H2,1-2H3. The second-order valence-electron chi connectivity index (χ2n) is 4.05. The van der Waals surface area contributed by atoms with E-state index in [0.29, 0.717) is 5.88 Å². The number of ether oxygens (including phenoxy) is 1. The van der Waals surface area contributed by atoms with E-state index in [2.05, 4.69) is 51.4 Å². The molecule has 2 aromatic rings. The number of benzene rings is 1. The molecular weight excluding hydrogens is 292 g/mol. The summed E-state index contributed by atoms with van der Waals surface area (Å²) in [5.74, 6) is 0.635. The maximum Gasteiger partial charge on any atom is 0.212 e. The van der Waals surface area contributed by atoms with E-state index >= 15 is 0 Å². The number of rotatable bonds is 4. The predicted molar refractivity (Wildman–Crippen MR) is 77.0 cm³/mol. The Bertz CT molecular complexity index is 526. The molecule has 0 aliphatic carbocycles. The third-order valence-corrected chi connectivity index (χ3v) is 3.27. The average Bonchev–Trinajstić information content (AvgIpc) is 2.38. The topological polar surface area (TPSA) is 34.1 Å². The number of pyridine rings is 1. The minimum absolute atomic E-state index is 0.635. The second-order valence-corrected chi connectivity index (χ2v) is 4.90. The van der Waals surface area contributed by atoms with E-state index in [-0.39, 0.29) is 0 Å². The van der Waals surface area contributed by atoms with E-state index in [0.717, 1.165) is 22.3 Å². The zero-order chi connectivity index (χ0) is 13.0. The molecule has 0 spiro atoms. The number of hydrogen-bond acceptors (Lipinski definition) is 3. The van der Waals surface area contributed by atoms with Gasteiger partial charge in [0.05, 0.1) is 7.11 Å². The third kappa shape index (κ3) is 3.23. The smallest absolute Gasteiger partial charge is 0.212 e. The van der Waals surface area contributed by atoms with Crippen molar-refractivity contribution < 1.29 is 4.74 Å². The summed E-state index contributed by atoms with van der Waals surface area (Å²) in [7, 11) is 1.61. The molecule has 3 nitrogen and oxygen atoms in total. The fourth-order valence-electron chi connectivity index (χ4n) is 1.60. The Labute approximate surface area is 115 Å². The zero-order valence-electron chi connectivity index (χ0n) is 10.4. The second kappa shape index (κ2) is 5.87. The van der Waals surface area contributed by atoms with Crippen molar-refractivity contribution in [3.8, 4) is 5.88 Å². The van der Waals surface area contributed by atoms with Crippen LogP contribution in [0.4, 0.5) is 5.69 Å². The van der Waals surface area contributed by atoms with E-state index in [1.807, 2.05) is 18.3 Å². The molecule has 0 fully saturated rings. The Morgan fingerprint density at radius 3 is 2.72 bits per heavy atom. The fourth-order valence-corrected chi connectivity index (χ4v) is 2.23. The SMILES string of the molecule is COc1ccc(CNc2ccc(C)cc2Br)cn1. The number of hydrogen-bond donors (Lipinski definition) is 1. The van der Waals surface area contributed by atoms with Crippen molar-refractivity contribution in [2.75, 3.05) is 12.4 Å². The van der Waals surface area contributed by atoms with Gasteiger partial charge >= 0.3 is 0 Å². The van der Waals surface area contributed by atoms with Crippen LogP contribution in [-0.2, 0) is 6.54 Å². The Morgan fingerprint density at radius 1 is 1.28 bits per heavy atom. The van der Waals surface area contributed by atoms with Crippen LogP contribution in [0, 0.1) is 6.92 Å². The van der Waals surface area contributed by atoms with Crippen molar-refractivity contribution in [1.29, 1.82) is 0 Å². The quantitative estimate of drug-likeness (QED) is 0.933. The molecule has 1 aromatic heterocycles. The summed E-state index contributed by atoms with van der Waals surface area (Å²) in [4.78, 5) is 4.17. The lowest BCUT2D eigenvalue weighted by Gasteiger charge is -2.09. The molecule has 0 saturated heterocycles. The first kappa shape index (κ1) is 12.9. The van der Waals surface area contributed by atoms with Gasteiger partial charge in [0.15, 0.2) is 0 Å². The largest absolute Gasteiger partial charge is 0.481 e. The van der Waals surface area contributed by atoms with Crippen molar-refractivity contribution in [3.05, 3.63) is 52.1 Å². The Balaban J connectivity index is 2.02. The lowest BCUT2D eigenvalue weighted by atomic mass is 10.2.